The summed E-state index contributed by atoms with van der Waals surface area (Å²) in [7, 11) is 1.70. The zero-order valence-electron chi connectivity index (χ0n) is 13.0. The van der Waals surface area contributed by atoms with Gasteiger partial charge in [-0.1, -0.05) is 6.92 Å². The predicted octanol–water partition coefficient (Wildman–Crippen LogP) is 4.18. The average molecular weight is 295 g/mol. The smallest absolute Gasteiger partial charge is 0.119 e. The molecule has 0 saturated carbocycles. The van der Waals surface area contributed by atoms with Crippen molar-refractivity contribution in [1.82, 2.24) is 9.97 Å². The van der Waals surface area contributed by atoms with Gasteiger partial charge >= 0.3 is 0 Å². The summed E-state index contributed by atoms with van der Waals surface area (Å²) in [6.45, 7) is 3.18. The minimum absolute atomic E-state index is 0.463. The van der Waals surface area contributed by atoms with Crippen LogP contribution in [-0.2, 0) is 0 Å². The van der Waals surface area contributed by atoms with E-state index < -0.39 is 0 Å². The maximum atomic E-state index is 5.33. The van der Waals surface area contributed by atoms with Crippen molar-refractivity contribution < 1.29 is 4.74 Å². The van der Waals surface area contributed by atoms with Crippen LogP contribution in [0, 0.1) is 0 Å². The number of hydrogen-bond donors (Lipinski definition) is 2. The van der Waals surface area contributed by atoms with E-state index in [0.29, 0.717) is 5.92 Å². The van der Waals surface area contributed by atoms with Crippen LogP contribution >= 0.6 is 0 Å². The van der Waals surface area contributed by atoms with Crippen molar-refractivity contribution in [1.29, 1.82) is 0 Å². The number of anilines is 1. The number of benzene rings is 1. The molecule has 1 aromatic carbocycles. The van der Waals surface area contributed by atoms with E-state index in [2.05, 4.69) is 40.5 Å². The summed E-state index contributed by atoms with van der Waals surface area (Å²) in [6, 6.07) is 10.1. The van der Waals surface area contributed by atoms with Crippen LogP contribution < -0.4 is 10.1 Å². The third-order valence-corrected chi connectivity index (χ3v) is 4.02. The van der Waals surface area contributed by atoms with E-state index in [1.54, 1.807) is 13.3 Å². The lowest BCUT2D eigenvalue weighted by Gasteiger charge is -2.12. The minimum atomic E-state index is 0.463. The number of pyridine rings is 1. The molecule has 2 heterocycles. The van der Waals surface area contributed by atoms with E-state index in [4.69, 9.17) is 4.74 Å². The molecule has 3 rings (SSSR count). The van der Waals surface area contributed by atoms with E-state index in [0.717, 1.165) is 29.9 Å². The molecule has 1 atom stereocenters. The third-order valence-electron chi connectivity index (χ3n) is 4.02. The first kappa shape index (κ1) is 14.4. The molecule has 0 amide bonds. The number of aromatic amines is 1. The maximum absolute atomic E-state index is 5.33. The SMILES string of the molecule is COc1ccc2[nH]cc(C(C)CCNc3cccnc3)c2c1. The van der Waals surface area contributed by atoms with Crippen LogP contribution in [0.5, 0.6) is 5.75 Å². The number of nitrogens with zero attached hydrogens (tertiary/aromatic N) is 1. The van der Waals surface area contributed by atoms with Crippen LogP contribution in [-0.4, -0.2) is 23.6 Å². The molecule has 0 aliphatic rings. The second kappa shape index (κ2) is 6.52. The van der Waals surface area contributed by atoms with Crippen molar-refractivity contribution in [2.24, 2.45) is 0 Å². The molecule has 22 heavy (non-hydrogen) atoms. The Morgan fingerprint density at radius 3 is 3.00 bits per heavy atom. The zero-order chi connectivity index (χ0) is 15.4. The van der Waals surface area contributed by atoms with Gasteiger partial charge in [-0.15, -0.1) is 0 Å². The van der Waals surface area contributed by atoms with Gasteiger partial charge in [0, 0.05) is 36.0 Å². The van der Waals surface area contributed by atoms with Crippen molar-refractivity contribution in [3.05, 3.63) is 54.5 Å². The lowest BCUT2D eigenvalue weighted by atomic mass is 9.97. The molecule has 0 aliphatic heterocycles. The fourth-order valence-corrected chi connectivity index (χ4v) is 2.71. The predicted molar refractivity (Wildman–Crippen MR) is 90.6 cm³/mol. The molecular formula is C18H21N3O. The first-order valence-electron chi connectivity index (χ1n) is 7.57. The van der Waals surface area contributed by atoms with Crippen molar-refractivity contribution in [2.45, 2.75) is 19.3 Å². The van der Waals surface area contributed by atoms with Crippen LogP contribution in [0.25, 0.3) is 10.9 Å². The van der Waals surface area contributed by atoms with Crippen molar-refractivity contribution in [3.63, 3.8) is 0 Å². The summed E-state index contributed by atoms with van der Waals surface area (Å²) in [5, 5.41) is 4.65. The molecule has 0 aliphatic carbocycles. The van der Waals surface area contributed by atoms with Crippen LogP contribution in [0.2, 0.25) is 0 Å². The van der Waals surface area contributed by atoms with Gasteiger partial charge in [0.25, 0.3) is 0 Å². The first-order chi connectivity index (χ1) is 10.8. The number of methoxy groups -OCH3 is 1. The van der Waals surface area contributed by atoms with Gasteiger partial charge in [0.2, 0.25) is 0 Å². The monoisotopic (exact) mass is 295 g/mol. The normalized spacial score (nSPS) is 12.3. The van der Waals surface area contributed by atoms with Gasteiger partial charge in [0.15, 0.2) is 0 Å². The van der Waals surface area contributed by atoms with E-state index >= 15 is 0 Å². The lowest BCUT2D eigenvalue weighted by Crippen LogP contribution is -2.05. The van der Waals surface area contributed by atoms with Crippen LogP contribution in [0.15, 0.2) is 48.9 Å². The number of H-pyrrole nitrogens is 1. The molecule has 0 bridgehead atoms. The minimum Gasteiger partial charge on any atom is -0.497 e. The Kier molecular flexibility index (Phi) is 4.28. The Morgan fingerprint density at radius 1 is 1.32 bits per heavy atom. The second-order valence-corrected chi connectivity index (χ2v) is 5.51. The first-order valence-corrected chi connectivity index (χ1v) is 7.57. The number of fused-ring (bicyclic) bond motifs is 1. The molecule has 114 valence electrons. The van der Waals surface area contributed by atoms with Crippen molar-refractivity contribution in [3.8, 4) is 5.75 Å². The van der Waals surface area contributed by atoms with Crippen molar-refractivity contribution >= 4 is 16.6 Å². The molecule has 3 aromatic rings. The molecule has 4 heteroatoms. The van der Waals surface area contributed by atoms with Gasteiger partial charge in [-0.25, -0.2) is 0 Å². The highest BCUT2D eigenvalue weighted by Crippen LogP contribution is 2.30. The molecule has 0 fully saturated rings. The largest absolute Gasteiger partial charge is 0.497 e. The number of nitrogens with one attached hydrogen (secondary N) is 2. The second-order valence-electron chi connectivity index (χ2n) is 5.51. The third kappa shape index (κ3) is 3.06. The average Bonchev–Trinajstić information content (AvgIpc) is 2.98. The fourth-order valence-electron chi connectivity index (χ4n) is 2.71. The summed E-state index contributed by atoms with van der Waals surface area (Å²) in [5.74, 6) is 1.36. The van der Waals surface area contributed by atoms with Crippen LogP contribution in [0.3, 0.4) is 0 Å². The topological polar surface area (TPSA) is 49.9 Å². The van der Waals surface area contributed by atoms with Gasteiger partial charge in [-0.05, 0) is 48.2 Å². The quantitative estimate of drug-likeness (QED) is 0.717. The standard InChI is InChI=1S/C18H21N3O/c1-13(7-9-20-14-4-3-8-19-11-14)17-12-21-18-6-5-15(22-2)10-16(17)18/h3-6,8,10-13,20-21H,7,9H2,1-2H3. The Balaban J connectivity index is 1.68. The Morgan fingerprint density at radius 2 is 2.23 bits per heavy atom. The number of aromatic nitrogens is 2. The molecule has 4 nitrogen and oxygen atoms in total. The van der Waals surface area contributed by atoms with Crippen LogP contribution in [0.4, 0.5) is 5.69 Å². The molecule has 0 spiro atoms. The maximum Gasteiger partial charge on any atom is 0.119 e. The highest BCUT2D eigenvalue weighted by molar-refractivity contribution is 5.85. The highest BCUT2D eigenvalue weighted by Gasteiger charge is 2.12. The van der Waals surface area contributed by atoms with Crippen molar-refractivity contribution in [2.75, 3.05) is 19.0 Å². The summed E-state index contributed by atoms with van der Waals surface area (Å²) in [5.41, 5.74) is 3.56. The van der Waals surface area contributed by atoms with Gasteiger partial charge in [0.05, 0.1) is 12.8 Å². The summed E-state index contributed by atoms with van der Waals surface area (Å²) < 4.78 is 5.33. The Bertz CT molecular complexity index is 736. The molecule has 0 radical (unpaired) electrons. The molecule has 1 unspecified atom stereocenters. The summed E-state index contributed by atoms with van der Waals surface area (Å²) >= 11 is 0. The molecule has 2 aromatic heterocycles. The van der Waals surface area contributed by atoms with E-state index in [1.807, 2.05) is 24.4 Å². The lowest BCUT2D eigenvalue weighted by molar-refractivity contribution is 0.415. The van der Waals surface area contributed by atoms with Gasteiger partial charge in [-0.3, -0.25) is 4.98 Å². The Labute approximate surface area is 130 Å². The van der Waals surface area contributed by atoms with Gasteiger partial charge in [-0.2, -0.15) is 0 Å². The van der Waals surface area contributed by atoms with Crippen LogP contribution in [0.1, 0.15) is 24.8 Å². The van der Waals surface area contributed by atoms with E-state index in [1.165, 1.54) is 10.9 Å². The highest BCUT2D eigenvalue weighted by atomic mass is 16.5. The number of ether oxygens (including phenoxy) is 1. The van der Waals surface area contributed by atoms with Gasteiger partial charge in [0.1, 0.15) is 5.75 Å². The fraction of sp³-hybridized carbons (Fsp3) is 0.278. The molecular weight excluding hydrogens is 274 g/mol. The zero-order valence-corrected chi connectivity index (χ0v) is 13.0. The van der Waals surface area contributed by atoms with Gasteiger partial charge < -0.3 is 15.0 Å². The van der Waals surface area contributed by atoms with E-state index in [9.17, 15) is 0 Å². The summed E-state index contributed by atoms with van der Waals surface area (Å²) in [4.78, 5) is 7.45. The number of rotatable bonds is 6. The summed E-state index contributed by atoms with van der Waals surface area (Å²) in [6.07, 6.45) is 6.80. The molecule has 2 N–H and O–H groups in total. The number of hydrogen-bond acceptors (Lipinski definition) is 3. The Hall–Kier alpha value is -2.49. The molecule has 0 saturated heterocycles. The van der Waals surface area contributed by atoms with E-state index in [-0.39, 0.29) is 0 Å².